The molecule has 1 fully saturated rings. The molecule has 1 atom stereocenters. The minimum Gasteiger partial charge on any atom is -0.497 e. The molecule has 2 aromatic carbocycles. The normalized spacial score (nSPS) is 14.6. The van der Waals surface area contributed by atoms with Crippen LogP contribution in [0, 0.1) is 0 Å². The van der Waals surface area contributed by atoms with Crippen LogP contribution in [0.2, 0.25) is 5.02 Å². The standard InChI is InChI=1S/C21H24ClNO3/c1-14(15-4-6-17(22)7-5-15)23(18-8-9-18)21(24)13-16-12-19(25-2)10-11-20(16)26-3/h4-7,10-12,14,18H,8-9,13H2,1-3H3. The molecule has 138 valence electrons. The van der Waals surface area contributed by atoms with E-state index < -0.39 is 0 Å². The lowest BCUT2D eigenvalue weighted by atomic mass is 10.0. The molecule has 4 nitrogen and oxygen atoms in total. The summed E-state index contributed by atoms with van der Waals surface area (Å²) in [7, 11) is 3.23. The van der Waals surface area contributed by atoms with Gasteiger partial charge in [-0.3, -0.25) is 4.79 Å². The van der Waals surface area contributed by atoms with Crippen LogP contribution in [0.1, 0.15) is 36.9 Å². The van der Waals surface area contributed by atoms with Crippen molar-refractivity contribution in [2.75, 3.05) is 14.2 Å². The Morgan fingerprint density at radius 2 is 1.85 bits per heavy atom. The molecule has 26 heavy (non-hydrogen) atoms. The largest absolute Gasteiger partial charge is 0.497 e. The SMILES string of the molecule is COc1ccc(OC)c(CC(=O)N(C2CC2)C(C)c2ccc(Cl)cc2)c1. The first-order chi connectivity index (χ1) is 12.5. The highest BCUT2D eigenvalue weighted by atomic mass is 35.5. The van der Waals surface area contributed by atoms with Gasteiger partial charge in [0.2, 0.25) is 5.91 Å². The maximum atomic E-state index is 13.1. The number of hydrogen-bond acceptors (Lipinski definition) is 3. The van der Waals surface area contributed by atoms with Gasteiger partial charge in [0.25, 0.3) is 0 Å². The second-order valence-corrected chi connectivity index (χ2v) is 7.05. The van der Waals surface area contributed by atoms with Crippen molar-refractivity contribution >= 4 is 17.5 Å². The van der Waals surface area contributed by atoms with E-state index in [4.69, 9.17) is 21.1 Å². The van der Waals surface area contributed by atoms with Gasteiger partial charge in [-0.25, -0.2) is 0 Å². The lowest BCUT2D eigenvalue weighted by Crippen LogP contribution is -2.36. The maximum Gasteiger partial charge on any atom is 0.227 e. The van der Waals surface area contributed by atoms with Crippen LogP contribution in [0.4, 0.5) is 0 Å². The summed E-state index contributed by atoms with van der Waals surface area (Å²) < 4.78 is 10.7. The van der Waals surface area contributed by atoms with Gasteiger partial charge < -0.3 is 14.4 Å². The van der Waals surface area contributed by atoms with E-state index in [1.165, 1.54) is 0 Å². The fourth-order valence-electron chi connectivity index (χ4n) is 3.26. The van der Waals surface area contributed by atoms with Gasteiger partial charge in [-0.1, -0.05) is 23.7 Å². The Bertz CT molecular complexity index is 771. The van der Waals surface area contributed by atoms with E-state index in [0.29, 0.717) is 16.8 Å². The lowest BCUT2D eigenvalue weighted by Gasteiger charge is -2.30. The number of carbonyl (C=O) groups is 1. The van der Waals surface area contributed by atoms with Gasteiger partial charge in [0.15, 0.2) is 0 Å². The molecule has 3 rings (SSSR count). The summed E-state index contributed by atoms with van der Waals surface area (Å²) in [5, 5.41) is 0.700. The van der Waals surface area contributed by atoms with Crippen LogP contribution in [0.5, 0.6) is 11.5 Å². The number of methoxy groups -OCH3 is 2. The summed E-state index contributed by atoms with van der Waals surface area (Å²) in [5.41, 5.74) is 1.93. The van der Waals surface area contributed by atoms with Crippen molar-refractivity contribution in [1.29, 1.82) is 0 Å². The fourth-order valence-corrected chi connectivity index (χ4v) is 3.39. The highest BCUT2D eigenvalue weighted by Crippen LogP contribution is 2.36. The monoisotopic (exact) mass is 373 g/mol. The van der Waals surface area contributed by atoms with Gasteiger partial charge in [-0.2, -0.15) is 0 Å². The topological polar surface area (TPSA) is 38.8 Å². The van der Waals surface area contributed by atoms with Crippen LogP contribution < -0.4 is 9.47 Å². The Balaban J connectivity index is 1.83. The van der Waals surface area contributed by atoms with Gasteiger partial charge >= 0.3 is 0 Å². The van der Waals surface area contributed by atoms with E-state index in [1.807, 2.05) is 47.4 Å². The molecule has 0 heterocycles. The van der Waals surface area contributed by atoms with Gasteiger partial charge in [0.1, 0.15) is 11.5 Å². The van der Waals surface area contributed by atoms with Gasteiger partial charge in [0, 0.05) is 16.6 Å². The van der Waals surface area contributed by atoms with Crippen molar-refractivity contribution in [1.82, 2.24) is 4.90 Å². The number of ether oxygens (including phenoxy) is 2. The maximum absolute atomic E-state index is 13.1. The molecular weight excluding hydrogens is 350 g/mol. The molecule has 1 saturated carbocycles. The minimum absolute atomic E-state index is 0.00358. The molecule has 1 unspecified atom stereocenters. The van der Waals surface area contributed by atoms with Crippen LogP contribution in [-0.2, 0) is 11.2 Å². The molecule has 0 aliphatic heterocycles. The molecule has 0 saturated heterocycles. The number of hydrogen-bond donors (Lipinski definition) is 0. The van der Waals surface area contributed by atoms with Crippen molar-refractivity contribution in [3.05, 3.63) is 58.6 Å². The Morgan fingerprint density at radius 1 is 1.15 bits per heavy atom. The van der Waals surface area contributed by atoms with E-state index in [-0.39, 0.29) is 18.4 Å². The first kappa shape index (κ1) is 18.6. The van der Waals surface area contributed by atoms with Crippen LogP contribution in [0.3, 0.4) is 0 Å². The zero-order chi connectivity index (χ0) is 18.7. The molecule has 1 aliphatic rings. The van der Waals surface area contributed by atoms with Gasteiger partial charge in [-0.15, -0.1) is 0 Å². The van der Waals surface area contributed by atoms with E-state index >= 15 is 0 Å². The van der Waals surface area contributed by atoms with Crippen LogP contribution in [0.25, 0.3) is 0 Å². The molecule has 1 aliphatic carbocycles. The smallest absolute Gasteiger partial charge is 0.227 e. The van der Waals surface area contributed by atoms with E-state index in [9.17, 15) is 4.79 Å². The summed E-state index contributed by atoms with van der Waals surface area (Å²) >= 11 is 6.00. The highest BCUT2D eigenvalue weighted by Gasteiger charge is 2.36. The molecule has 0 spiro atoms. The summed E-state index contributed by atoms with van der Waals surface area (Å²) in [6.07, 6.45) is 2.40. The molecular formula is C21H24ClNO3. The second kappa shape index (κ2) is 8.00. The first-order valence-corrected chi connectivity index (χ1v) is 9.18. The predicted molar refractivity (Wildman–Crippen MR) is 103 cm³/mol. The van der Waals surface area contributed by atoms with Crippen molar-refractivity contribution in [2.45, 2.75) is 38.3 Å². The van der Waals surface area contributed by atoms with Crippen molar-refractivity contribution in [3.63, 3.8) is 0 Å². The molecule has 5 heteroatoms. The molecule has 0 N–H and O–H groups in total. The number of benzene rings is 2. The molecule has 1 amide bonds. The summed E-state index contributed by atoms with van der Waals surface area (Å²) in [5.74, 6) is 1.52. The van der Waals surface area contributed by atoms with E-state index in [2.05, 4.69) is 6.92 Å². The van der Waals surface area contributed by atoms with Crippen LogP contribution in [-0.4, -0.2) is 31.1 Å². The number of rotatable bonds is 7. The Morgan fingerprint density at radius 3 is 2.42 bits per heavy atom. The van der Waals surface area contributed by atoms with Crippen molar-refractivity contribution < 1.29 is 14.3 Å². The average Bonchev–Trinajstić information content (AvgIpc) is 3.47. The number of carbonyl (C=O) groups excluding carboxylic acids is 1. The van der Waals surface area contributed by atoms with Gasteiger partial charge in [0.05, 0.1) is 26.7 Å². The number of nitrogens with zero attached hydrogens (tertiary/aromatic N) is 1. The third-order valence-corrected chi connectivity index (χ3v) is 5.08. The lowest BCUT2D eigenvalue weighted by molar-refractivity contribution is -0.133. The zero-order valence-electron chi connectivity index (χ0n) is 15.4. The molecule has 2 aromatic rings. The predicted octanol–water partition coefficient (Wildman–Crippen LogP) is 4.65. The van der Waals surface area contributed by atoms with Crippen molar-refractivity contribution in [2.24, 2.45) is 0 Å². The third-order valence-electron chi connectivity index (χ3n) is 4.83. The zero-order valence-corrected chi connectivity index (χ0v) is 16.1. The van der Waals surface area contributed by atoms with Crippen molar-refractivity contribution in [3.8, 4) is 11.5 Å². The molecule has 0 bridgehead atoms. The van der Waals surface area contributed by atoms with Gasteiger partial charge in [-0.05, 0) is 55.7 Å². The quantitative estimate of drug-likeness (QED) is 0.709. The van der Waals surface area contributed by atoms with E-state index in [1.54, 1.807) is 14.2 Å². The van der Waals surface area contributed by atoms with E-state index in [0.717, 1.165) is 29.7 Å². The molecule has 0 radical (unpaired) electrons. The second-order valence-electron chi connectivity index (χ2n) is 6.61. The Labute approximate surface area is 159 Å². The summed E-state index contributed by atoms with van der Waals surface area (Å²) in [6, 6.07) is 13.6. The number of halogens is 1. The highest BCUT2D eigenvalue weighted by molar-refractivity contribution is 6.30. The average molecular weight is 374 g/mol. The first-order valence-electron chi connectivity index (χ1n) is 8.81. The molecule has 0 aromatic heterocycles. The third kappa shape index (κ3) is 4.13. The summed E-state index contributed by atoms with van der Waals surface area (Å²) in [4.78, 5) is 15.1. The van der Waals surface area contributed by atoms with Crippen LogP contribution >= 0.6 is 11.6 Å². The minimum atomic E-state index is 0.00358. The summed E-state index contributed by atoms with van der Waals surface area (Å²) in [6.45, 7) is 2.07. The number of amides is 1. The van der Waals surface area contributed by atoms with Crippen LogP contribution in [0.15, 0.2) is 42.5 Å². The fraction of sp³-hybridized carbons (Fsp3) is 0.381. The Kier molecular flexibility index (Phi) is 5.72. The Hall–Kier alpha value is -2.20.